The van der Waals surface area contributed by atoms with Crippen LogP contribution in [0.15, 0.2) is 48.8 Å². The number of amides is 1. The lowest BCUT2D eigenvalue weighted by atomic mass is 10.2. The van der Waals surface area contributed by atoms with Crippen molar-refractivity contribution in [1.82, 2.24) is 20.1 Å². The van der Waals surface area contributed by atoms with E-state index in [1.54, 1.807) is 12.3 Å². The molecule has 0 spiro atoms. The Morgan fingerprint density at radius 3 is 2.83 bits per heavy atom. The first-order chi connectivity index (χ1) is 11.8. The van der Waals surface area contributed by atoms with Crippen LogP contribution >= 0.6 is 0 Å². The molecule has 3 aromatic rings. The van der Waals surface area contributed by atoms with Gasteiger partial charge in [-0.05, 0) is 31.5 Å². The summed E-state index contributed by atoms with van der Waals surface area (Å²) in [5, 5.41) is 11.6. The van der Waals surface area contributed by atoms with Crippen molar-refractivity contribution in [2.75, 3.05) is 18.4 Å². The molecule has 0 saturated heterocycles. The number of hydrogen-bond acceptors (Lipinski definition) is 4. The number of rotatable bonds is 7. The summed E-state index contributed by atoms with van der Waals surface area (Å²) in [5.74, 6) is 0.676. The van der Waals surface area contributed by atoms with Crippen LogP contribution in [-0.2, 0) is 6.54 Å². The predicted molar refractivity (Wildman–Crippen MR) is 95.1 cm³/mol. The number of nitrogens with one attached hydrogen (secondary N) is 2. The molecular formula is C18H21N5O. The highest BCUT2D eigenvalue weighted by atomic mass is 16.1. The quantitative estimate of drug-likeness (QED) is 0.656. The Morgan fingerprint density at radius 1 is 1.17 bits per heavy atom. The average molecular weight is 323 g/mol. The molecule has 0 atom stereocenters. The fourth-order valence-electron chi connectivity index (χ4n) is 2.54. The van der Waals surface area contributed by atoms with Gasteiger partial charge in [-0.3, -0.25) is 9.48 Å². The smallest absolute Gasteiger partial charge is 0.252 e. The van der Waals surface area contributed by atoms with Crippen molar-refractivity contribution in [2.24, 2.45) is 0 Å². The first kappa shape index (κ1) is 16.0. The Labute approximate surface area is 140 Å². The summed E-state index contributed by atoms with van der Waals surface area (Å²) < 4.78 is 2.02. The Bertz CT molecular complexity index is 810. The van der Waals surface area contributed by atoms with Crippen molar-refractivity contribution < 1.29 is 4.79 Å². The SMILES string of the molecule is CCNC(=O)c1ccc(NCCCn2ncc3ccccc32)nc1. The third-order valence-electron chi connectivity index (χ3n) is 3.77. The van der Waals surface area contributed by atoms with Crippen molar-refractivity contribution in [3.8, 4) is 0 Å². The summed E-state index contributed by atoms with van der Waals surface area (Å²) in [5.41, 5.74) is 1.73. The zero-order valence-electron chi connectivity index (χ0n) is 13.7. The molecule has 124 valence electrons. The topological polar surface area (TPSA) is 71.8 Å². The number of hydrogen-bond donors (Lipinski definition) is 2. The molecular weight excluding hydrogens is 302 g/mol. The Balaban J connectivity index is 1.49. The molecule has 24 heavy (non-hydrogen) atoms. The Kier molecular flexibility index (Phi) is 5.05. The number of fused-ring (bicyclic) bond motifs is 1. The average Bonchev–Trinajstić information content (AvgIpc) is 3.03. The molecule has 3 rings (SSSR count). The first-order valence-corrected chi connectivity index (χ1v) is 8.16. The minimum Gasteiger partial charge on any atom is -0.370 e. The van der Waals surface area contributed by atoms with E-state index >= 15 is 0 Å². The third kappa shape index (κ3) is 3.71. The number of benzene rings is 1. The number of aryl methyl sites for hydroxylation is 1. The van der Waals surface area contributed by atoms with Crippen LogP contribution in [0.25, 0.3) is 10.9 Å². The molecule has 0 bridgehead atoms. The molecule has 0 fully saturated rings. The van der Waals surface area contributed by atoms with Crippen LogP contribution in [0.4, 0.5) is 5.82 Å². The van der Waals surface area contributed by atoms with Gasteiger partial charge in [0.1, 0.15) is 5.82 Å². The highest BCUT2D eigenvalue weighted by molar-refractivity contribution is 5.93. The third-order valence-corrected chi connectivity index (χ3v) is 3.77. The zero-order chi connectivity index (χ0) is 16.8. The lowest BCUT2D eigenvalue weighted by Crippen LogP contribution is -2.22. The number of nitrogens with zero attached hydrogens (tertiary/aromatic N) is 3. The van der Waals surface area contributed by atoms with E-state index in [4.69, 9.17) is 0 Å². The zero-order valence-corrected chi connectivity index (χ0v) is 13.7. The van der Waals surface area contributed by atoms with Gasteiger partial charge in [-0.15, -0.1) is 0 Å². The number of pyridine rings is 1. The van der Waals surface area contributed by atoms with Crippen LogP contribution in [0.3, 0.4) is 0 Å². The van der Waals surface area contributed by atoms with Crippen LogP contribution in [0.1, 0.15) is 23.7 Å². The van der Waals surface area contributed by atoms with Gasteiger partial charge >= 0.3 is 0 Å². The number of carbonyl (C=O) groups excluding carboxylic acids is 1. The van der Waals surface area contributed by atoms with E-state index in [9.17, 15) is 4.79 Å². The van der Waals surface area contributed by atoms with Crippen LogP contribution in [0, 0.1) is 0 Å². The molecule has 1 aromatic carbocycles. The fourth-order valence-corrected chi connectivity index (χ4v) is 2.54. The Hall–Kier alpha value is -2.89. The van der Waals surface area contributed by atoms with Gasteiger partial charge in [0.2, 0.25) is 0 Å². The molecule has 0 radical (unpaired) electrons. The normalized spacial score (nSPS) is 10.7. The Morgan fingerprint density at radius 2 is 2.04 bits per heavy atom. The van der Waals surface area contributed by atoms with Gasteiger partial charge in [0.15, 0.2) is 0 Å². The highest BCUT2D eigenvalue weighted by Gasteiger charge is 2.04. The maximum atomic E-state index is 11.7. The summed E-state index contributed by atoms with van der Waals surface area (Å²) in [6.45, 7) is 4.14. The van der Waals surface area contributed by atoms with Crippen molar-refractivity contribution >= 4 is 22.6 Å². The lowest BCUT2D eigenvalue weighted by molar-refractivity contribution is 0.0955. The van der Waals surface area contributed by atoms with Crippen molar-refractivity contribution in [2.45, 2.75) is 19.9 Å². The van der Waals surface area contributed by atoms with Crippen LogP contribution in [0.5, 0.6) is 0 Å². The highest BCUT2D eigenvalue weighted by Crippen LogP contribution is 2.13. The molecule has 0 aliphatic heterocycles. The number of carbonyl (C=O) groups is 1. The van der Waals surface area contributed by atoms with E-state index in [2.05, 4.69) is 32.8 Å². The van der Waals surface area contributed by atoms with Gasteiger partial charge in [0, 0.05) is 31.2 Å². The summed E-state index contributed by atoms with van der Waals surface area (Å²) >= 11 is 0. The summed E-state index contributed by atoms with van der Waals surface area (Å²) in [7, 11) is 0. The van der Waals surface area contributed by atoms with E-state index in [1.165, 1.54) is 0 Å². The number of anilines is 1. The second-order valence-corrected chi connectivity index (χ2v) is 5.50. The lowest BCUT2D eigenvalue weighted by Gasteiger charge is -2.07. The molecule has 0 aliphatic rings. The summed E-state index contributed by atoms with van der Waals surface area (Å²) in [4.78, 5) is 15.9. The van der Waals surface area contributed by atoms with E-state index < -0.39 is 0 Å². The van der Waals surface area contributed by atoms with E-state index in [0.29, 0.717) is 12.1 Å². The first-order valence-electron chi connectivity index (χ1n) is 8.16. The monoisotopic (exact) mass is 323 g/mol. The standard InChI is InChI=1S/C18H21N5O/c1-2-19-18(24)15-8-9-17(21-12-15)20-10-5-11-23-16-7-4-3-6-14(16)13-22-23/h3-4,6-9,12-13H,2,5,10-11H2,1H3,(H,19,24)(H,20,21). The maximum absolute atomic E-state index is 11.7. The summed E-state index contributed by atoms with van der Waals surface area (Å²) in [6, 6.07) is 11.8. The van der Waals surface area contributed by atoms with Gasteiger partial charge in [0.05, 0.1) is 17.3 Å². The number of aromatic nitrogens is 3. The second kappa shape index (κ2) is 7.59. The van der Waals surface area contributed by atoms with Gasteiger partial charge in [-0.2, -0.15) is 5.10 Å². The van der Waals surface area contributed by atoms with Crippen molar-refractivity contribution in [1.29, 1.82) is 0 Å². The molecule has 0 saturated carbocycles. The van der Waals surface area contributed by atoms with Crippen LogP contribution < -0.4 is 10.6 Å². The molecule has 0 unspecified atom stereocenters. The van der Waals surface area contributed by atoms with E-state index in [1.807, 2.05) is 36.0 Å². The molecule has 6 heteroatoms. The molecule has 6 nitrogen and oxygen atoms in total. The van der Waals surface area contributed by atoms with Gasteiger partial charge < -0.3 is 10.6 Å². The number of para-hydroxylation sites is 1. The molecule has 0 aliphatic carbocycles. The van der Waals surface area contributed by atoms with Crippen molar-refractivity contribution in [3.05, 3.63) is 54.4 Å². The largest absolute Gasteiger partial charge is 0.370 e. The molecule has 2 N–H and O–H groups in total. The van der Waals surface area contributed by atoms with E-state index in [0.717, 1.165) is 36.2 Å². The van der Waals surface area contributed by atoms with Crippen molar-refractivity contribution in [3.63, 3.8) is 0 Å². The molecule has 2 aromatic heterocycles. The van der Waals surface area contributed by atoms with Crippen LogP contribution in [0.2, 0.25) is 0 Å². The fraction of sp³-hybridized carbons (Fsp3) is 0.278. The minimum atomic E-state index is -0.0953. The maximum Gasteiger partial charge on any atom is 0.252 e. The van der Waals surface area contributed by atoms with E-state index in [-0.39, 0.29) is 5.91 Å². The summed E-state index contributed by atoms with van der Waals surface area (Å²) in [6.07, 6.45) is 4.42. The second-order valence-electron chi connectivity index (χ2n) is 5.50. The minimum absolute atomic E-state index is 0.0953. The van der Waals surface area contributed by atoms with Gasteiger partial charge in [-0.25, -0.2) is 4.98 Å². The van der Waals surface area contributed by atoms with Gasteiger partial charge in [-0.1, -0.05) is 18.2 Å². The van der Waals surface area contributed by atoms with Crippen LogP contribution in [-0.4, -0.2) is 33.8 Å². The van der Waals surface area contributed by atoms with Gasteiger partial charge in [0.25, 0.3) is 5.91 Å². The predicted octanol–water partition coefficient (Wildman–Crippen LogP) is 2.68. The molecule has 2 heterocycles. The molecule has 1 amide bonds.